The minimum atomic E-state index is -1.26. The van der Waals surface area contributed by atoms with Gasteiger partial charge in [0.25, 0.3) is 0 Å². The lowest BCUT2D eigenvalue weighted by atomic mass is 10.3. The molecule has 0 heterocycles. The quantitative estimate of drug-likeness (QED) is 0.406. The van der Waals surface area contributed by atoms with Gasteiger partial charge in [0, 0.05) is 0 Å². The summed E-state index contributed by atoms with van der Waals surface area (Å²) in [6, 6.07) is 0. The molecule has 2 atom stereocenters. The van der Waals surface area contributed by atoms with Gasteiger partial charge >= 0.3 is 5.97 Å². The van der Waals surface area contributed by atoms with Gasteiger partial charge in [-0.1, -0.05) is 6.92 Å². The van der Waals surface area contributed by atoms with Crippen molar-refractivity contribution >= 4 is 35.1 Å². The number of aliphatic hydroxyl groups excluding tert-OH is 1. The Bertz CT molecular complexity index is 225. The number of amides is 1. The molecule has 0 aromatic rings. The predicted octanol–water partition coefficient (Wildman–Crippen LogP) is 0.220. The Hall–Kier alpha value is -0.520. The summed E-state index contributed by atoms with van der Waals surface area (Å²) in [5, 5.41) is 10.5. The number of hydrogen-bond acceptors (Lipinski definition) is 4. The fraction of sp³-hybridized carbons (Fsp3) is 0.750. The zero-order valence-corrected chi connectivity index (χ0v) is 9.72. The maximum Gasteiger partial charge on any atom is 0.324 e. The molecule has 0 aromatic carbocycles. The molecule has 0 radical (unpaired) electrons. The van der Waals surface area contributed by atoms with E-state index < -0.39 is 23.5 Å². The van der Waals surface area contributed by atoms with E-state index in [0.717, 1.165) is 0 Å². The SMILES string of the molecule is CCC(Cl)C(=O)OCC(O)NC(=O)CCl. The average molecular weight is 258 g/mol. The van der Waals surface area contributed by atoms with Gasteiger partial charge in [-0.25, -0.2) is 0 Å². The van der Waals surface area contributed by atoms with Crippen molar-refractivity contribution in [2.45, 2.75) is 24.9 Å². The molecule has 0 saturated heterocycles. The molecule has 0 bridgehead atoms. The average Bonchev–Trinajstić information content (AvgIpc) is 2.24. The van der Waals surface area contributed by atoms with E-state index in [2.05, 4.69) is 10.1 Å². The van der Waals surface area contributed by atoms with Gasteiger partial charge < -0.3 is 15.2 Å². The molecule has 0 spiro atoms. The van der Waals surface area contributed by atoms with Crippen LogP contribution in [0.3, 0.4) is 0 Å². The number of ether oxygens (including phenoxy) is 1. The van der Waals surface area contributed by atoms with Gasteiger partial charge in [-0.2, -0.15) is 0 Å². The van der Waals surface area contributed by atoms with E-state index in [0.29, 0.717) is 6.42 Å². The molecule has 2 unspecified atom stereocenters. The van der Waals surface area contributed by atoms with Crippen molar-refractivity contribution in [1.82, 2.24) is 5.32 Å². The molecule has 5 nitrogen and oxygen atoms in total. The highest BCUT2D eigenvalue weighted by atomic mass is 35.5. The summed E-state index contributed by atoms with van der Waals surface area (Å²) < 4.78 is 4.62. The topological polar surface area (TPSA) is 75.6 Å². The van der Waals surface area contributed by atoms with E-state index in [1.165, 1.54) is 0 Å². The van der Waals surface area contributed by atoms with Gasteiger partial charge in [-0.05, 0) is 6.42 Å². The largest absolute Gasteiger partial charge is 0.460 e. The van der Waals surface area contributed by atoms with Crippen LogP contribution in [0.1, 0.15) is 13.3 Å². The van der Waals surface area contributed by atoms with Crippen LogP contribution in [-0.4, -0.2) is 41.1 Å². The highest BCUT2D eigenvalue weighted by Crippen LogP contribution is 2.03. The fourth-order valence-electron chi connectivity index (χ4n) is 0.684. The lowest BCUT2D eigenvalue weighted by molar-refractivity contribution is -0.148. The Labute approximate surface area is 97.7 Å². The summed E-state index contributed by atoms with van der Waals surface area (Å²) in [6.07, 6.45) is -0.828. The van der Waals surface area contributed by atoms with Crippen molar-refractivity contribution in [2.75, 3.05) is 12.5 Å². The highest BCUT2D eigenvalue weighted by molar-refractivity contribution is 6.29. The molecule has 0 aromatic heterocycles. The third kappa shape index (κ3) is 6.54. The number of aliphatic hydroxyl groups is 1. The van der Waals surface area contributed by atoms with Crippen molar-refractivity contribution in [3.05, 3.63) is 0 Å². The number of carbonyl (C=O) groups excluding carboxylic acids is 2. The van der Waals surface area contributed by atoms with Gasteiger partial charge in [0.2, 0.25) is 5.91 Å². The zero-order valence-electron chi connectivity index (χ0n) is 8.20. The van der Waals surface area contributed by atoms with Crippen LogP contribution < -0.4 is 5.32 Å². The smallest absolute Gasteiger partial charge is 0.324 e. The van der Waals surface area contributed by atoms with E-state index >= 15 is 0 Å². The third-order valence-electron chi connectivity index (χ3n) is 1.45. The maximum atomic E-state index is 11.0. The van der Waals surface area contributed by atoms with E-state index in [1.54, 1.807) is 6.92 Å². The van der Waals surface area contributed by atoms with Gasteiger partial charge in [-0.3, -0.25) is 9.59 Å². The Kier molecular flexibility index (Phi) is 7.46. The van der Waals surface area contributed by atoms with Crippen LogP contribution in [0.5, 0.6) is 0 Å². The van der Waals surface area contributed by atoms with Crippen LogP contribution in [0, 0.1) is 0 Å². The summed E-state index contributed by atoms with van der Waals surface area (Å²) in [5.74, 6) is -1.44. The molecular weight excluding hydrogens is 245 g/mol. The van der Waals surface area contributed by atoms with E-state index in [9.17, 15) is 9.59 Å². The summed E-state index contributed by atoms with van der Waals surface area (Å²) in [4.78, 5) is 21.7. The van der Waals surface area contributed by atoms with Crippen molar-refractivity contribution in [2.24, 2.45) is 0 Å². The molecule has 0 aliphatic carbocycles. The van der Waals surface area contributed by atoms with Crippen LogP contribution in [0.15, 0.2) is 0 Å². The monoisotopic (exact) mass is 257 g/mol. The predicted molar refractivity (Wildman–Crippen MR) is 55.8 cm³/mol. The second kappa shape index (κ2) is 7.73. The maximum absolute atomic E-state index is 11.0. The van der Waals surface area contributed by atoms with Crippen molar-refractivity contribution in [3.63, 3.8) is 0 Å². The van der Waals surface area contributed by atoms with Crippen molar-refractivity contribution in [1.29, 1.82) is 0 Å². The Balaban J connectivity index is 3.75. The Morgan fingerprint density at radius 3 is 2.60 bits per heavy atom. The van der Waals surface area contributed by atoms with Crippen molar-refractivity contribution in [3.8, 4) is 0 Å². The molecule has 1 amide bonds. The first-order valence-electron chi connectivity index (χ1n) is 4.35. The van der Waals surface area contributed by atoms with E-state index in [-0.39, 0.29) is 12.5 Å². The molecule has 88 valence electrons. The molecule has 0 saturated carbocycles. The Morgan fingerprint density at radius 1 is 1.53 bits per heavy atom. The molecule has 7 heteroatoms. The summed E-state index contributed by atoms with van der Waals surface area (Å²) in [5.41, 5.74) is 0. The number of alkyl halides is 2. The minimum Gasteiger partial charge on any atom is -0.460 e. The van der Waals surface area contributed by atoms with Gasteiger partial charge in [-0.15, -0.1) is 23.2 Å². The molecule has 0 fully saturated rings. The van der Waals surface area contributed by atoms with Crippen LogP contribution in [0.4, 0.5) is 0 Å². The third-order valence-corrected chi connectivity index (χ3v) is 2.18. The molecule has 0 rings (SSSR count). The second-order valence-corrected chi connectivity index (χ2v) is 3.52. The normalized spacial score (nSPS) is 14.1. The number of halogens is 2. The van der Waals surface area contributed by atoms with Crippen LogP contribution in [0.25, 0.3) is 0 Å². The number of nitrogens with one attached hydrogen (secondary N) is 1. The summed E-state index contributed by atoms with van der Waals surface area (Å²) in [7, 11) is 0. The second-order valence-electron chi connectivity index (χ2n) is 2.72. The fourth-order valence-corrected chi connectivity index (χ4v) is 0.824. The van der Waals surface area contributed by atoms with Gasteiger partial charge in [0.1, 0.15) is 17.9 Å². The lowest BCUT2D eigenvalue weighted by Gasteiger charge is -2.13. The summed E-state index contributed by atoms with van der Waals surface area (Å²) >= 11 is 10.7. The van der Waals surface area contributed by atoms with E-state index in [4.69, 9.17) is 28.3 Å². The van der Waals surface area contributed by atoms with E-state index in [1.807, 2.05) is 0 Å². The minimum absolute atomic E-state index is 0.266. The first-order chi connectivity index (χ1) is 7.01. The first kappa shape index (κ1) is 14.5. The number of carbonyl (C=O) groups is 2. The standard InChI is InChI=1S/C8H13Cl2NO4/c1-2-5(10)8(14)15-4-7(13)11-6(12)3-9/h5,7,13H,2-4H2,1H3,(H,11,12). The number of esters is 1. The van der Waals surface area contributed by atoms with Crippen molar-refractivity contribution < 1.29 is 19.4 Å². The molecular formula is C8H13Cl2NO4. The highest BCUT2D eigenvalue weighted by Gasteiger charge is 2.16. The van der Waals surface area contributed by atoms with Gasteiger partial charge in [0.15, 0.2) is 6.23 Å². The van der Waals surface area contributed by atoms with Crippen LogP contribution >= 0.6 is 23.2 Å². The molecule has 15 heavy (non-hydrogen) atoms. The lowest BCUT2D eigenvalue weighted by Crippen LogP contribution is -2.39. The van der Waals surface area contributed by atoms with Crippen LogP contribution in [-0.2, 0) is 14.3 Å². The zero-order chi connectivity index (χ0) is 11.8. The number of rotatable bonds is 6. The van der Waals surface area contributed by atoms with Crippen LogP contribution in [0.2, 0.25) is 0 Å². The molecule has 0 aliphatic heterocycles. The van der Waals surface area contributed by atoms with Gasteiger partial charge in [0.05, 0.1) is 0 Å². The molecule has 2 N–H and O–H groups in total. The Morgan fingerprint density at radius 2 is 2.13 bits per heavy atom. The first-order valence-corrected chi connectivity index (χ1v) is 5.32. The molecule has 0 aliphatic rings. The number of hydrogen-bond donors (Lipinski definition) is 2. The summed E-state index contributed by atoms with van der Waals surface area (Å²) in [6.45, 7) is 1.38.